The molecule has 8 heteroatoms. The van der Waals surface area contributed by atoms with Gasteiger partial charge in [-0.25, -0.2) is 0 Å². The molecule has 0 aromatic heterocycles. The van der Waals surface area contributed by atoms with E-state index in [-0.39, 0.29) is 15.1 Å². The second kappa shape index (κ2) is 6.64. The number of carbonyl (C=O) groups excluding carboxylic acids is 3. The summed E-state index contributed by atoms with van der Waals surface area (Å²) in [5.74, 6) is -1.23. The molecule has 27 heavy (non-hydrogen) atoms. The van der Waals surface area contributed by atoms with Crippen LogP contribution in [-0.2, 0) is 9.59 Å². The SMILES string of the molecule is CN1C(=O)/C(=C2\SC(=S)N(NC(=O)c3ccccc3)C2=O)c2ccccc21. The van der Waals surface area contributed by atoms with Crippen molar-refractivity contribution < 1.29 is 14.4 Å². The molecule has 1 saturated heterocycles. The third-order valence-electron chi connectivity index (χ3n) is 4.30. The van der Waals surface area contributed by atoms with Crippen LogP contribution in [0.1, 0.15) is 15.9 Å². The number of benzene rings is 2. The molecule has 2 aromatic rings. The van der Waals surface area contributed by atoms with Crippen molar-refractivity contribution in [1.29, 1.82) is 0 Å². The zero-order chi connectivity index (χ0) is 19.1. The molecule has 3 amide bonds. The number of hydrazine groups is 1. The average Bonchev–Trinajstić information content (AvgIpc) is 3.10. The highest BCUT2D eigenvalue weighted by molar-refractivity contribution is 8.26. The van der Waals surface area contributed by atoms with E-state index in [2.05, 4.69) is 5.43 Å². The molecule has 2 aliphatic heterocycles. The minimum atomic E-state index is -0.511. The summed E-state index contributed by atoms with van der Waals surface area (Å²) in [6.45, 7) is 0. The lowest BCUT2D eigenvalue weighted by Crippen LogP contribution is -2.45. The van der Waals surface area contributed by atoms with Gasteiger partial charge < -0.3 is 4.90 Å². The average molecular weight is 395 g/mol. The second-order valence-electron chi connectivity index (χ2n) is 5.90. The van der Waals surface area contributed by atoms with Crippen molar-refractivity contribution in [3.05, 3.63) is 70.6 Å². The Balaban J connectivity index is 1.69. The van der Waals surface area contributed by atoms with E-state index in [1.165, 1.54) is 4.90 Å². The van der Waals surface area contributed by atoms with Crippen LogP contribution in [0.5, 0.6) is 0 Å². The number of hydrogen-bond donors (Lipinski definition) is 1. The fraction of sp³-hybridized carbons (Fsp3) is 0.0526. The Kier molecular flexibility index (Phi) is 4.29. The van der Waals surface area contributed by atoms with Crippen molar-refractivity contribution in [2.45, 2.75) is 0 Å². The summed E-state index contributed by atoms with van der Waals surface area (Å²) in [6.07, 6.45) is 0. The van der Waals surface area contributed by atoms with E-state index < -0.39 is 11.8 Å². The van der Waals surface area contributed by atoms with Gasteiger partial charge in [0, 0.05) is 18.2 Å². The van der Waals surface area contributed by atoms with Gasteiger partial charge in [0.2, 0.25) is 0 Å². The van der Waals surface area contributed by atoms with Crippen LogP contribution in [0.2, 0.25) is 0 Å². The van der Waals surface area contributed by atoms with Crippen molar-refractivity contribution in [2.24, 2.45) is 0 Å². The fourth-order valence-electron chi connectivity index (χ4n) is 2.96. The maximum atomic E-state index is 12.9. The summed E-state index contributed by atoms with van der Waals surface area (Å²) in [4.78, 5) is 39.7. The molecular formula is C19H13N3O3S2. The van der Waals surface area contributed by atoms with Crippen LogP contribution in [0.15, 0.2) is 59.5 Å². The Bertz CT molecular complexity index is 1030. The third kappa shape index (κ3) is 2.83. The Morgan fingerprint density at radius 3 is 2.41 bits per heavy atom. The van der Waals surface area contributed by atoms with Gasteiger partial charge in [0.25, 0.3) is 17.7 Å². The predicted molar refractivity (Wildman–Crippen MR) is 108 cm³/mol. The Morgan fingerprint density at radius 2 is 1.67 bits per heavy atom. The number of amides is 3. The van der Waals surface area contributed by atoms with E-state index in [4.69, 9.17) is 12.2 Å². The monoisotopic (exact) mass is 395 g/mol. The second-order valence-corrected chi connectivity index (χ2v) is 7.55. The third-order valence-corrected chi connectivity index (χ3v) is 5.67. The topological polar surface area (TPSA) is 69.7 Å². The number of para-hydroxylation sites is 1. The molecule has 1 N–H and O–H groups in total. The molecule has 4 rings (SSSR count). The molecule has 0 saturated carbocycles. The number of fused-ring (bicyclic) bond motifs is 1. The van der Waals surface area contributed by atoms with Crippen molar-refractivity contribution >= 4 is 57.3 Å². The summed E-state index contributed by atoms with van der Waals surface area (Å²) in [7, 11) is 1.66. The van der Waals surface area contributed by atoms with Crippen LogP contribution in [-0.4, -0.2) is 34.1 Å². The summed E-state index contributed by atoms with van der Waals surface area (Å²) in [5.41, 5.74) is 4.65. The summed E-state index contributed by atoms with van der Waals surface area (Å²) in [6, 6.07) is 15.8. The van der Waals surface area contributed by atoms with Crippen LogP contribution < -0.4 is 10.3 Å². The molecule has 0 aliphatic carbocycles. The smallest absolute Gasteiger partial charge is 0.286 e. The lowest BCUT2D eigenvalue weighted by molar-refractivity contribution is -0.124. The highest BCUT2D eigenvalue weighted by atomic mass is 32.2. The van der Waals surface area contributed by atoms with E-state index in [0.29, 0.717) is 16.7 Å². The highest BCUT2D eigenvalue weighted by Crippen LogP contribution is 2.43. The standard InChI is InChI=1S/C19H13N3O3S2/c1-21-13-10-6-5-9-12(13)14(17(21)24)15-18(25)22(19(26)27-15)20-16(23)11-7-3-2-4-8-11/h2-10H,1H3,(H,20,23)/b15-14-. The van der Waals surface area contributed by atoms with Crippen LogP contribution in [0, 0.1) is 0 Å². The molecule has 2 aromatic carbocycles. The van der Waals surface area contributed by atoms with Crippen molar-refractivity contribution in [2.75, 3.05) is 11.9 Å². The molecule has 0 bridgehead atoms. The minimum absolute atomic E-state index is 0.173. The molecule has 0 atom stereocenters. The Morgan fingerprint density at radius 1 is 1.00 bits per heavy atom. The maximum absolute atomic E-state index is 12.9. The molecule has 0 radical (unpaired) electrons. The number of carbonyl (C=O) groups is 3. The van der Waals surface area contributed by atoms with Crippen LogP contribution in [0.3, 0.4) is 0 Å². The van der Waals surface area contributed by atoms with E-state index in [1.54, 1.807) is 43.4 Å². The van der Waals surface area contributed by atoms with Gasteiger partial charge in [-0.1, -0.05) is 48.2 Å². The van der Waals surface area contributed by atoms with Crippen molar-refractivity contribution in [3.8, 4) is 0 Å². The number of nitrogens with one attached hydrogen (secondary N) is 1. The normalized spacial score (nSPS) is 18.9. The zero-order valence-electron chi connectivity index (χ0n) is 14.1. The first-order valence-electron chi connectivity index (χ1n) is 8.03. The first kappa shape index (κ1) is 17.4. The van der Waals surface area contributed by atoms with Crippen molar-refractivity contribution in [3.63, 3.8) is 0 Å². The lowest BCUT2D eigenvalue weighted by atomic mass is 10.1. The number of anilines is 1. The van der Waals surface area contributed by atoms with Gasteiger partial charge in [-0.05, 0) is 30.4 Å². The van der Waals surface area contributed by atoms with Gasteiger partial charge >= 0.3 is 0 Å². The maximum Gasteiger partial charge on any atom is 0.286 e. The van der Waals surface area contributed by atoms with Crippen molar-refractivity contribution in [1.82, 2.24) is 10.4 Å². The summed E-state index contributed by atoms with van der Waals surface area (Å²) < 4.78 is 0.173. The molecule has 134 valence electrons. The van der Waals surface area contributed by atoms with E-state index in [9.17, 15) is 14.4 Å². The van der Waals surface area contributed by atoms with Crippen LogP contribution in [0.4, 0.5) is 5.69 Å². The van der Waals surface area contributed by atoms with Gasteiger partial charge in [0.05, 0.1) is 16.2 Å². The number of likely N-dealkylation sites (N-methyl/N-ethyl adjacent to an activating group) is 1. The molecule has 1 fully saturated rings. The number of nitrogens with zero attached hydrogens (tertiary/aromatic N) is 2. The highest BCUT2D eigenvalue weighted by Gasteiger charge is 2.41. The number of thioether (sulfide) groups is 1. The summed E-state index contributed by atoms with van der Waals surface area (Å²) >= 11 is 6.27. The van der Waals surface area contributed by atoms with Gasteiger partial charge in [0.15, 0.2) is 4.32 Å². The number of rotatable bonds is 2. The van der Waals surface area contributed by atoms with Gasteiger partial charge in [-0.3, -0.25) is 19.8 Å². The van der Waals surface area contributed by atoms with E-state index in [0.717, 1.165) is 22.5 Å². The molecule has 2 aliphatic rings. The Labute approximate surface area is 164 Å². The summed E-state index contributed by atoms with van der Waals surface area (Å²) in [5, 5.41) is 1.02. The van der Waals surface area contributed by atoms with Gasteiger partial charge in [-0.15, -0.1) is 0 Å². The quantitative estimate of drug-likeness (QED) is 0.625. The number of thiocarbonyl (C=S) groups is 1. The molecule has 0 unspecified atom stereocenters. The zero-order valence-corrected chi connectivity index (χ0v) is 15.8. The lowest BCUT2D eigenvalue weighted by Gasteiger charge is -2.15. The van der Waals surface area contributed by atoms with E-state index in [1.807, 2.05) is 18.2 Å². The van der Waals surface area contributed by atoms with E-state index >= 15 is 0 Å². The van der Waals surface area contributed by atoms with Gasteiger partial charge in [0.1, 0.15) is 0 Å². The first-order valence-corrected chi connectivity index (χ1v) is 9.25. The number of hydrogen-bond acceptors (Lipinski definition) is 5. The van der Waals surface area contributed by atoms with Crippen LogP contribution in [0.25, 0.3) is 5.57 Å². The molecule has 2 heterocycles. The molecule has 6 nitrogen and oxygen atoms in total. The predicted octanol–water partition coefficient (Wildman–Crippen LogP) is 2.58. The molecule has 0 spiro atoms. The first-order chi connectivity index (χ1) is 13.0. The van der Waals surface area contributed by atoms with Gasteiger partial charge in [-0.2, -0.15) is 5.01 Å². The minimum Gasteiger partial charge on any atom is -0.311 e. The molecular weight excluding hydrogens is 382 g/mol. The largest absolute Gasteiger partial charge is 0.311 e. The fourth-order valence-corrected chi connectivity index (χ4v) is 4.21. The van der Waals surface area contributed by atoms with Crippen LogP contribution >= 0.6 is 24.0 Å². The Hall–Kier alpha value is -2.97.